The summed E-state index contributed by atoms with van der Waals surface area (Å²) in [5.41, 5.74) is 6.63. The molecule has 0 aliphatic rings. The van der Waals surface area contributed by atoms with E-state index >= 15 is 0 Å². The van der Waals surface area contributed by atoms with Crippen molar-refractivity contribution in [1.29, 1.82) is 0 Å². The fourth-order valence-electron chi connectivity index (χ4n) is 2.50. The average molecular weight is 334 g/mol. The van der Waals surface area contributed by atoms with Crippen LogP contribution < -0.4 is 21.2 Å². The molecule has 4 nitrogen and oxygen atoms in total. The van der Waals surface area contributed by atoms with Crippen LogP contribution in [0, 0.1) is 0 Å². The first-order valence-corrected chi connectivity index (χ1v) is 11.5. The maximum absolute atomic E-state index is 6.63. The molecule has 134 valence electrons. The van der Waals surface area contributed by atoms with Gasteiger partial charge in [0, 0.05) is 19.5 Å². The Morgan fingerprint density at radius 2 is 1.27 bits per heavy atom. The lowest BCUT2D eigenvalue weighted by molar-refractivity contribution is 0.649. The normalized spacial score (nSPS) is 13.5. The number of rotatable bonds is 16. The third-order valence-corrected chi connectivity index (χ3v) is 7.76. The van der Waals surface area contributed by atoms with Gasteiger partial charge >= 0.3 is 0 Å². The van der Waals surface area contributed by atoms with E-state index < -0.39 is 7.56 Å². The lowest BCUT2D eigenvalue weighted by Gasteiger charge is -2.33. The zero-order valence-corrected chi connectivity index (χ0v) is 16.5. The van der Waals surface area contributed by atoms with E-state index in [1.54, 1.807) is 0 Å². The van der Waals surface area contributed by atoms with Gasteiger partial charge in [0.2, 0.25) is 0 Å². The summed E-state index contributed by atoms with van der Waals surface area (Å²) >= 11 is 0. The molecule has 0 bridgehead atoms. The van der Waals surface area contributed by atoms with E-state index in [0.29, 0.717) is 0 Å². The minimum Gasteiger partial charge on any atom is -0.294 e. The molecule has 0 radical (unpaired) electrons. The lowest BCUT2D eigenvalue weighted by Crippen LogP contribution is -2.45. The molecule has 5 heteroatoms. The van der Waals surface area contributed by atoms with E-state index in [1.165, 1.54) is 38.5 Å². The zero-order valence-electron chi connectivity index (χ0n) is 15.6. The van der Waals surface area contributed by atoms with Crippen LogP contribution in [0.2, 0.25) is 0 Å². The molecule has 0 spiro atoms. The minimum atomic E-state index is -1.54. The second-order valence-corrected chi connectivity index (χ2v) is 9.61. The summed E-state index contributed by atoms with van der Waals surface area (Å²) in [5, 5.41) is 11.4. The smallest absolute Gasteiger partial charge is 0.179 e. The van der Waals surface area contributed by atoms with E-state index in [9.17, 15) is 0 Å². The Labute approximate surface area is 140 Å². The number of nitrogens with two attached hydrogens (primary N) is 1. The summed E-state index contributed by atoms with van der Waals surface area (Å²) in [5.74, 6) is 0.250. The van der Waals surface area contributed by atoms with Crippen molar-refractivity contribution in [3.8, 4) is 0 Å². The molecule has 0 rings (SSSR count). The highest BCUT2D eigenvalue weighted by Crippen LogP contribution is 2.53. The number of nitrogens with one attached hydrogen (secondary N) is 3. The summed E-state index contributed by atoms with van der Waals surface area (Å²) < 4.78 is 0. The third kappa shape index (κ3) is 9.42. The van der Waals surface area contributed by atoms with E-state index in [0.717, 1.165) is 38.8 Å². The Kier molecular flexibility index (Phi) is 15.0. The van der Waals surface area contributed by atoms with Crippen LogP contribution in [0.5, 0.6) is 0 Å². The highest BCUT2D eigenvalue weighted by molar-refractivity contribution is 7.72. The van der Waals surface area contributed by atoms with Gasteiger partial charge in [-0.05, 0) is 25.8 Å². The number of unbranched alkanes of at least 4 members (excludes halogenated alkanes) is 3. The van der Waals surface area contributed by atoms with Gasteiger partial charge in [0.15, 0.2) is 7.56 Å². The Bertz CT molecular complexity index is 229. The molecule has 0 aromatic heterocycles. The van der Waals surface area contributed by atoms with Crippen LogP contribution in [-0.4, -0.2) is 31.7 Å². The van der Waals surface area contributed by atoms with Gasteiger partial charge in [0.05, 0.1) is 0 Å². The van der Waals surface area contributed by atoms with Crippen LogP contribution in [0.25, 0.3) is 0 Å². The van der Waals surface area contributed by atoms with Crippen LogP contribution in [0.1, 0.15) is 79.1 Å². The van der Waals surface area contributed by atoms with Crippen molar-refractivity contribution in [2.45, 2.75) is 84.8 Å². The summed E-state index contributed by atoms with van der Waals surface area (Å²) in [4.78, 5) is 0. The van der Waals surface area contributed by atoms with Crippen LogP contribution in [0.4, 0.5) is 0 Å². The predicted molar refractivity (Wildman–Crippen MR) is 103 cm³/mol. The quantitative estimate of drug-likeness (QED) is 0.254. The molecule has 0 aliphatic heterocycles. The van der Waals surface area contributed by atoms with E-state index in [2.05, 4.69) is 43.2 Å². The molecule has 1 unspecified atom stereocenters. The molecule has 0 aromatic rings. The van der Waals surface area contributed by atoms with Crippen molar-refractivity contribution in [1.82, 2.24) is 15.5 Å². The first-order valence-electron chi connectivity index (χ1n) is 9.51. The van der Waals surface area contributed by atoms with Crippen molar-refractivity contribution < 1.29 is 0 Å². The van der Waals surface area contributed by atoms with Crippen molar-refractivity contribution in [3.05, 3.63) is 0 Å². The summed E-state index contributed by atoms with van der Waals surface area (Å²) in [6.07, 6.45) is 10.7. The zero-order chi connectivity index (χ0) is 16.7. The van der Waals surface area contributed by atoms with Gasteiger partial charge in [0.25, 0.3) is 0 Å². The maximum Gasteiger partial charge on any atom is 0.179 e. The second-order valence-electron chi connectivity index (χ2n) is 6.26. The highest BCUT2D eigenvalue weighted by atomic mass is 31.2. The lowest BCUT2D eigenvalue weighted by atomic mass is 10.3. The monoisotopic (exact) mass is 333 g/mol. The molecule has 22 heavy (non-hydrogen) atoms. The molecule has 0 amide bonds. The van der Waals surface area contributed by atoms with Crippen LogP contribution >= 0.6 is 7.56 Å². The molecule has 0 aliphatic carbocycles. The SMILES string of the molecule is CCCCNC[P+](NCCCC)(NCCCC)C(N)CCC. The highest BCUT2D eigenvalue weighted by Gasteiger charge is 2.43. The Balaban J connectivity index is 4.76. The average Bonchev–Trinajstić information content (AvgIpc) is 2.51. The second kappa shape index (κ2) is 14.8. The standard InChI is InChI=1S/C17H42N4P/c1-5-9-13-19-16-22(17(18)12-8-4,20-14-10-6-2)21-15-11-7-3/h17,19-21H,5-16,18H2,1-4H3/q+1. The molecular weight excluding hydrogens is 291 g/mol. The van der Waals surface area contributed by atoms with Crippen LogP contribution in [0.3, 0.4) is 0 Å². The summed E-state index contributed by atoms with van der Waals surface area (Å²) in [6.45, 7) is 12.2. The van der Waals surface area contributed by atoms with E-state index in [-0.39, 0.29) is 5.78 Å². The van der Waals surface area contributed by atoms with Crippen LogP contribution in [0.15, 0.2) is 0 Å². The molecule has 1 atom stereocenters. The third-order valence-electron chi connectivity index (χ3n) is 4.07. The first kappa shape index (κ1) is 22.3. The van der Waals surface area contributed by atoms with Crippen molar-refractivity contribution in [2.75, 3.05) is 25.9 Å². The molecule has 0 saturated carbocycles. The molecule has 0 fully saturated rings. The van der Waals surface area contributed by atoms with Gasteiger partial charge in [-0.1, -0.05) is 53.4 Å². The predicted octanol–water partition coefficient (Wildman–Crippen LogP) is 4.05. The van der Waals surface area contributed by atoms with Gasteiger partial charge in [-0.3, -0.25) is 11.1 Å². The summed E-state index contributed by atoms with van der Waals surface area (Å²) in [7, 11) is -1.54. The largest absolute Gasteiger partial charge is 0.294 e. The van der Waals surface area contributed by atoms with Gasteiger partial charge in [-0.15, -0.1) is 0 Å². The molecular formula is C17H42N4P+. The van der Waals surface area contributed by atoms with Crippen molar-refractivity contribution >= 4 is 7.56 Å². The topological polar surface area (TPSA) is 62.1 Å². The van der Waals surface area contributed by atoms with E-state index in [4.69, 9.17) is 5.73 Å². The Morgan fingerprint density at radius 3 is 1.73 bits per heavy atom. The Morgan fingerprint density at radius 1 is 0.773 bits per heavy atom. The number of hydrogen-bond acceptors (Lipinski definition) is 4. The molecule has 0 aromatic carbocycles. The van der Waals surface area contributed by atoms with Crippen LogP contribution in [-0.2, 0) is 0 Å². The summed E-state index contributed by atoms with van der Waals surface area (Å²) in [6, 6.07) is 0. The number of hydrogen-bond donors (Lipinski definition) is 4. The van der Waals surface area contributed by atoms with E-state index in [1.807, 2.05) is 0 Å². The molecule has 0 saturated heterocycles. The fraction of sp³-hybridized carbons (Fsp3) is 1.00. The molecule has 5 N–H and O–H groups in total. The Hall–Kier alpha value is 0.270. The molecule has 0 heterocycles. The van der Waals surface area contributed by atoms with Gasteiger partial charge in [-0.2, -0.15) is 10.2 Å². The van der Waals surface area contributed by atoms with Crippen molar-refractivity contribution in [2.24, 2.45) is 5.73 Å². The van der Waals surface area contributed by atoms with Gasteiger partial charge in [0.1, 0.15) is 12.1 Å². The minimum absolute atomic E-state index is 0.250. The maximum atomic E-state index is 6.63. The van der Waals surface area contributed by atoms with Crippen molar-refractivity contribution in [3.63, 3.8) is 0 Å². The fourth-order valence-corrected chi connectivity index (χ4v) is 5.87. The van der Waals surface area contributed by atoms with Gasteiger partial charge < -0.3 is 0 Å². The van der Waals surface area contributed by atoms with Gasteiger partial charge in [-0.25, -0.2) is 0 Å². The first-order chi connectivity index (χ1) is 10.7.